The Labute approximate surface area is 144 Å². The van der Waals surface area contributed by atoms with Gasteiger partial charge in [0.2, 0.25) is 5.91 Å². The Balaban J connectivity index is 1.80. The number of nitrogens with zero attached hydrogens (tertiary/aromatic N) is 3. The Morgan fingerprint density at radius 2 is 2.17 bits per heavy atom. The van der Waals surface area contributed by atoms with Crippen LogP contribution in [0.25, 0.3) is 11.3 Å². The Kier molecular flexibility index (Phi) is 4.72. The summed E-state index contributed by atoms with van der Waals surface area (Å²) >= 11 is 1.32. The zero-order valence-corrected chi connectivity index (χ0v) is 14.1. The molecule has 0 radical (unpaired) electrons. The van der Waals surface area contributed by atoms with E-state index in [1.165, 1.54) is 11.3 Å². The highest BCUT2D eigenvalue weighted by atomic mass is 32.1. The summed E-state index contributed by atoms with van der Waals surface area (Å²) in [6.45, 7) is 0.556. The van der Waals surface area contributed by atoms with Crippen molar-refractivity contribution < 1.29 is 9.59 Å². The van der Waals surface area contributed by atoms with E-state index in [9.17, 15) is 14.9 Å². The summed E-state index contributed by atoms with van der Waals surface area (Å²) in [5, 5.41) is 11.8. The Hall–Kier alpha value is -2.52. The van der Waals surface area contributed by atoms with Crippen molar-refractivity contribution in [1.29, 1.82) is 5.26 Å². The number of benzene rings is 1. The fourth-order valence-electron chi connectivity index (χ4n) is 2.82. The molecule has 1 saturated heterocycles. The number of rotatable bonds is 4. The topological polar surface area (TPSA) is 74.1 Å². The highest BCUT2D eigenvalue weighted by molar-refractivity contribution is 7.10. The third-order valence-corrected chi connectivity index (χ3v) is 5.22. The van der Waals surface area contributed by atoms with Gasteiger partial charge in [-0.2, -0.15) is 5.26 Å². The fourth-order valence-corrected chi connectivity index (χ4v) is 3.70. The first-order valence-electron chi connectivity index (χ1n) is 7.78. The van der Waals surface area contributed by atoms with Gasteiger partial charge in [0.1, 0.15) is 5.01 Å². The average Bonchev–Trinajstić information content (AvgIpc) is 3.08. The van der Waals surface area contributed by atoms with Gasteiger partial charge in [0, 0.05) is 36.9 Å². The molecule has 0 saturated carbocycles. The van der Waals surface area contributed by atoms with Crippen molar-refractivity contribution in [2.24, 2.45) is 5.92 Å². The van der Waals surface area contributed by atoms with Crippen LogP contribution < -0.4 is 0 Å². The normalized spacial score (nSPS) is 18.9. The molecule has 3 rings (SSSR count). The van der Waals surface area contributed by atoms with E-state index in [0.717, 1.165) is 11.3 Å². The van der Waals surface area contributed by atoms with E-state index in [0.29, 0.717) is 18.0 Å². The lowest BCUT2D eigenvalue weighted by atomic mass is 9.86. The number of hydrogen-bond donors (Lipinski definition) is 0. The van der Waals surface area contributed by atoms with E-state index >= 15 is 0 Å². The second-order valence-electron chi connectivity index (χ2n) is 5.91. The third-order valence-electron chi connectivity index (χ3n) is 4.31. The first-order valence-corrected chi connectivity index (χ1v) is 8.66. The lowest BCUT2D eigenvalue weighted by Crippen LogP contribution is -2.39. The molecule has 0 bridgehead atoms. The molecular formula is C18H17N3O2S. The molecule has 2 aromatic rings. The van der Waals surface area contributed by atoms with Crippen LogP contribution in [0, 0.1) is 17.2 Å². The van der Waals surface area contributed by atoms with Crippen molar-refractivity contribution in [2.45, 2.75) is 18.8 Å². The molecule has 0 aliphatic carbocycles. The SMILES string of the molecule is CN1CC[C@H](C(=O)[C@H](C#N)c2nc(-c3ccccc3)cs2)CC1=O. The highest BCUT2D eigenvalue weighted by Gasteiger charge is 2.35. The smallest absolute Gasteiger partial charge is 0.223 e. The number of ketones is 1. The number of carbonyl (C=O) groups excluding carboxylic acids is 2. The van der Waals surface area contributed by atoms with Gasteiger partial charge >= 0.3 is 0 Å². The predicted octanol–water partition coefficient (Wildman–Crippen LogP) is 2.85. The van der Waals surface area contributed by atoms with E-state index in [-0.39, 0.29) is 24.0 Å². The standard InChI is InChI=1S/C18H17N3O2S/c1-21-8-7-13(9-16(21)22)17(23)14(10-19)18-20-15(11-24-18)12-5-3-2-4-6-12/h2-6,11,13-14H,7-9H2,1H3/t13-,14-/m0/s1. The predicted molar refractivity (Wildman–Crippen MR) is 91.3 cm³/mol. The van der Waals surface area contributed by atoms with Gasteiger partial charge in [-0.05, 0) is 6.42 Å². The van der Waals surface area contributed by atoms with Gasteiger partial charge < -0.3 is 4.90 Å². The molecule has 1 aliphatic rings. The van der Waals surface area contributed by atoms with Gasteiger partial charge in [-0.15, -0.1) is 11.3 Å². The molecule has 0 unspecified atom stereocenters. The van der Waals surface area contributed by atoms with Crippen molar-refractivity contribution in [1.82, 2.24) is 9.88 Å². The highest BCUT2D eigenvalue weighted by Crippen LogP contribution is 2.31. The Morgan fingerprint density at radius 1 is 1.42 bits per heavy atom. The minimum Gasteiger partial charge on any atom is -0.346 e. The second-order valence-corrected chi connectivity index (χ2v) is 6.80. The van der Waals surface area contributed by atoms with Crippen molar-refractivity contribution in [3.63, 3.8) is 0 Å². The van der Waals surface area contributed by atoms with Crippen LogP contribution in [0.5, 0.6) is 0 Å². The van der Waals surface area contributed by atoms with E-state index in [4.69, 9.17) is 0 Å². The van der Waals surface area contributed by atoms with Crippen LogP contribution in [0.3, 0.4) is 0 Å². The van der Waals surface area contributed by atoms with Crippen LogP contribution in [0.15, 0.2) is 35.7 Å². The molecule has 0 N–H and O–H groups in total. The number of likely N-dealkylation sites (tertiary alicyclic amines) is 1. The van der Waals surface area contributed by atoms with Crippen molar-refractivity contribution in [2.75, 3.05) is 13.6 Å². The van der Waals surface area contributed by atoms with Crippen LogP contribution in [-0.4, -0.2) is 35.2 Å². The third kappa shape index (κ3) is 3.22. The number of aromatic nitrogens is 1. The monoisotopic (exact) mass is 339 g/mol. The molecule has 1 fully saturated rings. The molecule has 1 aliphatic heterocycles. The molecule has 5 nitrogen and oxygen atoms in total. The molecule has 2 atom stereocenters. The van der Waals surface area contributed by atoms with Gasteiger partial charge in [-0.1, -0.05) is 30.3 Å². The lowest BCUT2D eigenvalue weighted by molar-refractivity contribution is -0.138. The van der Waals surface area contributed by atoms with Crippen LogP contribution in [0.1, 0.15) is 23.8 Å². The fraction of sp³-hybridized carbons (Fsp3) is 0.333. The van der Waals surface area contributed by atoms with E-state index in [1.54, 1.807) is 11.9 Å². The number of Topliss-reactive ketones (excluding diaryl/α,β-unsaturated/α-hetero) is 1. The summed E-state index contributed by atoms with van der Waals surface area (Å²) in [5.74, 6) is -1.51. The van der Waals surface area contributed by atoms with Gasteiger partial charge in [0.25, 0.3) is 0 Å². The molecule has 1 aromatic heterocycles. The summed E-state index contributed by atoms with van der Waals surface area (Å²) in [6.07, 6.45) is 0.792. The molecule has 24 heavy (non-hydrogen) atoms. The zero-order chi connectivity index (χ0) is 17.1. The van der Waals surface area contributed by atoms with Crippen LogP contribution in [-0.2, 0) is 9.59 Å². The van der Waals surface area contributed by atoms with E-state index in [1.807, 2.05) is 35.7 Å². The van der Waals surface area contributed by atoms with Crippen LogP contribution >= 0.6 is 11.3 Å². The average molecular weight is 339 g/mol. The number of carbonyl (C=O) groups is 2. The molecule has 2 heterocycles. The first kappa shape index (κ1) is 16.3. The quantitative estimate of drug-likeness (QED) is 0.858. The molecular weight excluding hydrogens is 322 g/mol. The summed E-state index contributed by atoms with van der Waals surface area (Å²) < 4.78 is 0. The largest absolute Gasteiger partial charge is 0.346 e. The number of hydrogen-bond acceptors (Lipinski definition) is 5. The maximum absolute atomic E-state index is 12.7. The van der Waals surface area contributed by atoms with Gasteiger partial charge in [-0.25, -0.2) is 4.98 Å². The molecule has 6 heteroatoms. The molecule has 1 amide bonds. The Bertz CT molecular complexity index is 794. The van der Waals surface area contributed by atoms with Gasteiger partial charge in [-0.3, -0.25) is 9.59 Å². The minimum atomic E-state index is -0.895. The number of nitriles is 1. The summed E-state index contributed by atoms with van der Waals surface area (Å²) in [4.78, 5) is 30.6. The first-order chi connectivity index (χ1) is 11.6. The van der Waals surface area contributed by atoms with Crippen LogP contribution in [0.4, 0.5) is 0 Å². The molecule has 1 aromatic carbocycles. The Morgan fingerprint density at radius 3 is 2.83 bits per heavy atom. The van der Waals surface area contributed by atoms with Crippen LogP contribution in [0.2, 0.25) is 0 Å². The second kappa shape index (κ2) is 6.93. The molecule has 0 spiro atoms. The summed E-state index contributed by atoms with van der Waals surface area (Å²) in [6, 6.07) is 11.7. The van der Waals surface area contributed by atoms with Gasteiger partial charge in [0.05, 0.1) is 11.8 Å². The summed E-state index contributed by atoms with van der Waals surface area (Å²) in [5.41, 5.74) is 1.72. The van der Waals surface area contributed by atoms with Gasteiger partial charge in [0.15, 0.2) is 11.7 Å². The number of piperidine rings is 1. The van der Waals surface area contributed by atoms with Crippen molar-refractivity contribution in [3.8, 4) is 17.3 Å². The zero-order valence-electron chi connectivity index (χ0n) is 13.3. The lowest BCUT2D eigenvalue weighted by Gasteiger charge is -2.28. The van der Waals surface area contributed by atoms with E-state index < -0.39 is 5.92 Å². The molecule has 122 valence electrons. The van der Waals surface area contributed by atoms with Crippen molar-refractivity contribution >= 4 is 23.0 Å². The summed E-state index contributed by atoms with van der Waals surface area (Å²) in [7, 11) is 1.73. The maximum Gasteiger partial charge on any atom is 0.223 e. The number of amides is 1. The maximum atomic E-state index is 12.7. The van der Waals surface area contributed by atoms with E-state index in [2.05, 4.69) is 11.1 Å². The number of thiazole rings is 1. The minimum absolute atomic E-state index is 0.0413. The van der Waals surface area contributed by atoms with Crippen molar-refractivity contribution in [3.05, 3.63) is 40.7 Å².